The summed E-state index contributed by atoms with van der Waals surface area (Å²) >= 11 is 0. The lowest BCUT2D eigenvalue weighted by Gasteiger charge is -2.23. The molecule has 12 heavy (non-hydrogen) atoms. The van der Waals surface area contributed by atoms with Gasteiger partial charge in [0.2, 0.25) is 0 Å². The van der Waals surface area contributed by atoms with Crippen LogP contribution in [0.1, 0.15) is 20.3 Å². The lowest BCUT2D eigenvalue weighted by Crippen LogP contribution is -2.40. The average molecular weight is 170 g/mol. The zero-order chi connectivity index (χ0) is 9.56. The minimum atomic E-state index is -0.916. The molecular weight excluding hydrogens is 156 g/mol. The number of aliphatic carboxylic acids is 1. The number of carbonyl (C=O) groups is 1. The van der Waals surface area contributed by atoms with Crippen LogP contribution < -0.4 is 0 Å². The molecule has 0 amide bonds. The van der Waals surface area contributed by atoms with Gasteiger partial charge in [0.25, 0.3) is 0 Å². The fraction of sp³-hybridized carbons (Fsp3) is 0.750. The number of carboxylic acids is 1. The summed E-state index contributed by atoms with van der Waals surface area (Å²) < 4.78 is 0. The van der Waals surface area contributed by atoms with E-state index in [1.165, 1.54) is 0 Å². The van der Waals surface area contributed by atoms with Gasteiger partial charge < -0.3 is 5.11 Å². The molecule has 4 heteroatoms. The second-order valence-electron chi connectivity index (χ2n) is 2.44. The van der Waals surface area contributed by atoms with Gasteiger partial charge in [-0.15, -0.1) is 0 Å². The van der Waals surface area contributed by atoms with Crippen molar-refractivity contribution in [3.8, 4) is 6.07 Å². The van der Waals surface area contributed by atoms with Crippen LogP contribution in [-0.2, 0) is 4.79 Å². The smallest absolute Gasteiger partial charge is 0.321 e. The Bertz CT molecular complexity index is 182. The van der Waals surface area contributed by atoms with Crippen LogP contribution >= 0.6 is 0 Å². The zero-order valence-electron chi connectivity index (χ0n) is 7.45. The Labute approximate surface area is 72.4 Å². The van der Waals surface area contributed by atoms with Crippen LogP contribution in [0, 0.1) is 11.3 Å². The molecule has 0 spiro atoms. The van der Waals surface area contributed by atoms with Crippen molar-refractivity contribution in [3.63, 3.8) is 0 Å². The van der Waals surface area contributed by atoms with Crippen LogP contribution in [0.5, 0.6) is 0 Å². The third kappa shape index (κ3) is 2.89. The second-order valence-corrected chi connectivity index (χ2v) is 2.44. The molecule has 68 valence electrons. The van der Waals surface area contributed by atoms with Crippen LogP contribution in [0.15, 0.2) is 0 Å². The third-order valence-electron chi connectivity index (χ3n) is 1.82. The summed E-state index contributed by atoms with van der Waals surface area (Å²) in [5, 5.41) is 17.1. The van der Waals surface area contributed by atoms with E-state index in [1.807, 2.05) is 19.9 Å². The predicted molar refractivity (Wildman–Crippen MR) is 44.6 cm³/mol. The number of hydrogen-bond donors (Lipinski definition) is 1. The number of carboxylic acid groups (broad SMARTS) is 1. The predicted octanol–water partition coefficient (Wildman–Crippen LogP) is 0.695. The summed E-state index contributed by atoms with van der Waals surface area (Å²) in [5.41, 5.74) is 0. The molecule has 0 aromatic heterocycles. The topological polar surface area (TPSA) is 64.3 Å². The van der Waals surface area contributed by atoms with E-state index >= 15 is 0 Å². The SMILES string of the molecule is CCN(CC)C(CC#N)C(=O)O. The first-order valence-electron chi connectivity index (χ1n) is 4.01. The van der Waals surface area contributed by atoms with Crippen LogP contribution in [0.3, 0.4) is 0 Å². The molecule has 0 rings (SSSR count). The Morgan fingerprint density at radius 3 is 2.33 bits per heavy atom. The fourth-order valence-corrected chi connectivity index (χ4v) is 1.12. The zero-order valence-corrected chi connectivity index (χ0v) is 7.45. The van der Waals surface area contributed by atoms with Gasteiger partial charge in [-0.25, -0.2) is 0 Å². The summed E-state index contributed by atoms with van der Waals surface area (Å²) in [6, 6.07) is 1.23. The van der Waals surface area contributed by atoms with E-state index in [0.717, 1.165) is 0 Å². The van der Waals surface area contributed by atoms with E-state index in [-0.39, 0.29) is 6.42 Å². The number of nitrogens with zero attached hydrogens (tertiary/aromatic N) is 2. The molecule has 1 N–H and O–H groups in total. The third-order valence-corrected chi connectivity index (χ3v) is 1.82. The second kappa shape index (κ2) is 5.56. The van der Waals surface area contributed by atoms with E-state index < -0.39 is 12.0 Å². The highest BCUT2D eigenvalue weighted by atomic mass is 16.4. The number of likely N-dealkylation sites (N-methyl/N-ethyl adjacent to an activating group) is 1. The first-order valence-corrected chi connectivity index (χ1v) is 4.01. The van der Waals surface area contributed by atoms with Crippen molar-refractivity contribution >= 4 is 5.97 Å². The summed E-state index contributed by atoms with van der Waals surface area (Å²) in [4.78, 5) is 12.4. The van der Waals surface area contributed by atoms with Crippen LogP contribution in [0.4, 0.5) is 0 Å². The number of hydrogen-bond acceptors (Lipinski definition) is 3. The molecule has 0 radical (unpaired) electrons. The van der Waals surface area contributed by atoms with E-state index in [9.17, 15) is 4.79 Å². The quantitative estimate of drug-likeness (QED) is 0.659. The molecule has 0 saturated heterocycles. The van der Waals surface area contributed by atoms with Crippen LogP contribution in [0.2, 0.25) is 0 Å². The summed E-state index contributed by atoms with van der Waals surface area (Å²) in [6.45, 7) is 5.10. The van der Waals surface area contributed by atoms with Gasteiger partial charge in [-0.05, 0) is 13.1 Å². The van der Waals surface area contributed by atoms with E-state index in [4.69, 9.17) is 10.4 Å². The molecular formula is C8H14N2O2. The monoisotopic (exact) mass is 170 g/mol. The Kier molecular flexibility index (Phi) is 5.06. The number of nitriles is 1. The Morgan fingerprint density at radius 1 is 1.58 bits per heavy atom. The lowest BCUT2D eigenvalue weighted by atomic mass is 10.2. The average Bonchev–Trinajstić information content (AvgIpc) is 2.05. The minimum absolute atomic E-state index is 0.0526. The van der Waals surface area contributed by atoms with Gasteiger partial charge in [-0.1, -0.05) is 13.8 Å². The summed E-state index contributed by atoms with van der Waals surface area (Å²) in [7, 11) is 0. The van der Waals surface area contributed by atoms with Crippen LogP contribution in [-0.4, -0.2) is 35.1 Å². The maximum absolute atomic E-state index is 10.7. The molecule has 0 aromatic carbocycles. The van der Waals surface area contributed by atoms with Gasteiger partial charge >= 0.3 is 5.97 Å². The molecule has 0 aliphatic carbocycles. The van der Waals surface area contributed by atoms with E-state index in [2.05, 4.69) is 0 Å². The highest BCUT2D eigenvalue weighted by Crippen LogP contribution is 2.03. The van der Waals surface area contributed by atoms with E-state index in [1.54, 1.807) is 4.90 Å². The minimum Gasteiger partial charge on any atom is -0.480 e. The maximum Gasteiger partial charge on any atom is 0.321 e. The van der Waals surface area contributed by atoms with Gasteiger partial charge in [0.1, 0.15) is 6.04 Å². The highest BCUT2D eigenvalue weighted by Gasteiger charge is 2.22. The normalized spacial score (nSPS) is 12.5. The van der Waals surface area contributed by atoms with Crippen molar-refractivity contribution < 1.29 is 9.90 Å². The van der Waals surface area contributed by atoms with Crippen molar-refractivity contribution in [3.05, 3.63) is 0 Å². The van der Waals surface area contributed by atoms with Gasteiger partial charge in [0.15, 0.2) is 0 Å². The Balaban J connectivity index is 4.27. The standard InChI is InChI=1S/C8H14N2O2/c1-3-10(4-2)7(5-6-9)8(11)12/h7H,3-5H2,1-2H3,(H,11,12). The molecule has 1 atom stereocenters. The van der Waals surface area contributed by atoms with Gasteiger partial charge in [-0.2, -0.15) is 5.26 Å². The first kappa shape index (κ1) is 10.9. The molecule has 0 heterocycles. The number of rotatable bonds is 5. The molecule has 1 unspecified atom stereocenters. The lowest BCUT2D eigenvalue weighted by molar-refractivity contribution is -0.143. The summed E-state index contributed by atoms with van der Waals surface area (Å²) in [5.74, 6) is -0.916. The maximum atomic E-state index is 10.7. The molecule has 4 nitrogen and oxygen atoms in total. The largest absolute Gasteiger partial charge is 0.480 e. The van der Waals surface area contributed by atoms with Crippen molar-refractivity contribution in [1.29, 1.82) is 5.26 Å². The fourth-order valence-electron chi connectivity index (χ4n) is 1.12. The van der Waals surface area contributed by atoms with Gasteiger partial charge in [0.05, 0.1) is 12.5 Å². The molecule has 0 aliphatic heterocycles. The van der Waals surface area contributed by atoms with Crippen molar-refractivity contribution in [2.45, 2.75) is 26.3 Å². The Hall–Kier alpha value is -1.08. The Morgan fingerprint density at radius 2 is 2.08 bits per heavy atom. The first-order chi connectivity index (χ1) is 5.67. The van der Waals surface area contributed by atoms with Crippen LogP contribution in [0.25, 0.3) is 0 Å². The molecule has 0 saturated carbocycles. The van der Waals surface area contributed by atoms with Crippen molar-refractivity contribution in [2.24, 2.45) is 0 Å². The molecule has 0 aliphatic rings. The molecule has 0 aromatic rings. The highest BCUT2D eigenvalue weighted by molar-refractivity contribution is 5.73. The summed E-state index contributed by atoms with van der Waals surface area (Å²) in [6.07, 6.45) is 0.0526. The van der Waals surface area contributed by atoms with Gasteiger partial charge in [0, 0.05) is 0 Å². The van der Waals surface area contributed by atoms with E-state index in [0.29, 0.717) is 13.1 Å². The van der Waals surface area contributed by atoms with Gasteiger partial charge in [-0.3, -0.25) is 9.69 Å². The molecule has 0 fully saturated rings. The van der Waals surface area contributed by atoms with Crippen molar-refractivity contribution in [2.75, 3.05) is 13.1 Å². The molecule has 0 bridgehead atoms. The van der Waals surface area contributed by atoms with Crippen molar-refractivity contribution in [1.82, 2.24) is 4.90 Å².